The Bertz CT molecular complexity index is 520. The summed E-state index contributed by atoms with van der Waals surface area (Å²) < 4.78 is 15.0. The van der Waals surface area contributed by atoms with Gasteiger partial charge in [0.1, 0.15) is 5.82 Å². The van der Waals surface area contributed by atoms with Crippen molar-refractivity contribution >= 4 is 44.2 Å². The summed E-state index contributed by atoms with van der Waals surface area (Å²) in [5, 5.41) is 3.31. The van der Waals surface area contributed by atoms with Crippen molar-refractivity contribution in [2.45, 2.75) is 13.5 Å². The van der Waals surface area contributed by atoms with Crippen LogP contribution < -0.4 is 5.32 Å². The van der Waals surface area contributed by atoms with Gasteiger partial charge in [-0.1, -0.05) is 28.1 Å². The van der Waals surface area contributed by atoms with E-state index >= 15 is 0 Å². The van der Waals surface area contributed by atoms with Gasteiger partial charge in [-0.2, -0.15) is 0 Å². The molecule has 0 aliphatic heterocycles. The van der Waals surface area contributed by atoms with Gasteiger partial charge in [0.25, 0.3) is 0 Å². The normalized spacial score (nSPS) is 10.4. The molecule has 2 aromatic rings. The fourth-order valence-corrected chi connectivity index (χ4v) is 2.92. The first-order valence-electron chi connectivity index (χ1n) is 5.50. The molecule has 0 aromatic heterocycles. The van der Waals surface area contributed by atoms with E-state index in [1.54, 1.807) is 6.07 Å². The molecule has 0 radical (unpaired) electrons. The van der Waals surface area contributed by atoms with Gasteiger partial charge in [0, 0.05) is 20.3 Å². The summed E-state index contributed by atoms with van der Waals surface area (Å²) in [4.78, 5) is 0. The van der Waals surface area contributed by atoms with E-state index in [0.717, 1.165) is 13.7 Å². The zero-order valence-electron chi connectivity index (χ0n) is 9.81. The topological polar surface area (TPSA) is 12.0 Å². The van der Waals surface area contributed by atoms with Crippen LogP contribution in [0.5, 0.6) is 0 Å². The lowest BCUT2D eigenvalue weighted by Gasteiger charge is -2.10. The largest absolute Gasteiger partial charge is 0.380 e. The Labute approximate surface area is 128 Å². The molecule has 0 atom stereocenters. The second kappa shape index (κ2) is 6.02. The predicted octanol–water partition coefficient (Wildman–Crippen LogP) is 5.11. The van der Waals surface area contributed by atoms with Crippen LogP contribution >= 0.6 is 38.5 Å². The molecule has 18 heavy (non-hydrogen) atoms. The smallest absolute Gasteiger partial charge is 0.124 e. The van der Waals surface area contributed by atoms with E-state index in [-0.39, 0.29) is 5.82 Å². The average Bonchev–Trinajstić information content (AvgIpc) is 2.30. The number of aryl methyl sites for hydroxylation is 1. The molecular formula is C14H12BrFIN. The molecule has 0 saturated heterocycles. The molecule has 0 spiro atoms. The first-order chi connectivity index (χ1) is 8.56. The molecule has 0 aliphatic rings. The molecule has 94 valence electrons. The van der Waals surface area contributed by atoms with Crippen LogP contribution in [-0.4, -0.2) is 0 Å². The zero-order chi connectivity index (χ0) is 13.1. The van der Waals surface area contributed by atoms with E-state index in [9.17, 15) is 4.39 Å². The molecule has 2 aromatic carbocycles. The van der Waals surface area contributed by atoms with Crippen molar-refractivity contribution in [3.8, 4) is 0 Å². The molecular weight excluding hydrogens is 408 g/mol. The zero-order valence-corrected chi connectivity index (χ0v) is 13.5. The van der Waals surface area contributed by atoms with Gasteiger partial charge < -0.3 is 5.32 Å². The molecule has 0 amide bonds. The van der Waals surface area contributed by atoms with Gasteiger partial charge in [-0.05, 0) is 64.9 Å². The molecule has 0 saturated carbocycles. The maximum Gasteiger partial charge on any atom is 0.124 e. The highest BCUT2D eigenvalue weighted by molar-refractivity contribution is 14.1. The van der Waals surface area contributed by atoms with Crippen LogP contribution in [0, 0.1) is 16.3 Å². The summed E-state index contributed by atoms with van der Waals surface area (Å²) in [5.41, 5.74) is 3.35. The van der Waals surface area contributed by atoms with Crippen LogP contribution in [0.25, 0.3) is 0 Å². The average molecular weight is 420 g/mol. The Kier molecular flexibility index (Phi) is 4.61. The maximum absolute atomic E-state index is 13.0. The summed E-state index contributed by atoms with van der Waals surface area (Å²) in [6.45, 7) is 2.77. The van der Waals surface area contributed by atoms with E-state index in [2.05, 4.69) is 69.0 Å². The molecule has 0 fully saturated rings. The van der Waals surface area contributed by atoms with E-state index < -0.39 is 0 Å². The van der Waals surface area contributed by atoms with Gasteiger partial charge >= 0.3 is 0 Å². The molecule has 0 heterocycles. The van der Waals surface area contributed by atoms with Crippen molar-refractivity contribution in [2.24, 2.45) is 0 Å². The highest BCUT2D eigenvalue weighted by Gasteiger charge is 2.03. The SMILES string of the molecule is Cc1ccc(CNc2ccc(F)cc2I)c(Br)c1. The lowest BCUT2D eigenvalue weighted by molar-refractivity contribution is 0.627. The Hall–Kier alpha value is -0.620. The molecule has 2 rings (SSSR count). The highest BCUT2D eigenvalue weighted by Crippen LogP contribution is 2.22. The van der Waals surface area contributed by atoms with Crippen molar-refractivity contribution in [3.63, 3.8) is 0 Å². The highest BCUT2D eigenvalue weighted by atomic mass is 127. The molecule has 0 aliphatic carbocycles. The number of nitrogens with one attached hydrogen (secondary N) is 1. The van der Waals surface area contributed by atoms with Gasteiger partial charge in [0.15, 0.2) is 0 Å². The molecule has 1 N–H and O–H groups in total. The fourth-order valence-electron chi connectivity index (χ4n) is 1.62. The van der Waals surface area contributed by atoms with E-state index in [4.69, 9.17) is 0 Å². The maximum atomic E-state index is 13.0. The minimum Gasteiger partial charge on any atom is -0.380 e. The third-order valence-corrected chi connectivity index (χ3v) is 4.24. The van der Waals surface area contributed by atoms with Crippen molar-refractivity contribution in [1.82, 2.24) is 0 Å². The monoisotopic (exact) mass is 419 g/mol. The van der Waals surface area contributed by atoms with Crippen LogP contribution in [0.1, 0.15) is 11.1 Å². The third kappa shape index (κ3) is 3.45. The molecule has 0 unspecified atom stereocenters. The van der Waals surface area contributed by atoms with E-state index in [1.165, 1.54) is 23.3 Å². The molecule has 1 nitrogen and oxygen atoms in total. The second-order valence-corrected chi connectivity index (χ2v) is 6.09. The number of halogens is 3. The minimum atomic E-state index is -0.207. The summed E-state index contributed by atoms with van der Waals surface area (Å²) >= 11 is 5.68. The van der Waals surface area contributed by atoms with Crippen LogP contribution in [0.2, 0.25) is 0 Å². The van der Waals surface area contributed by atoms with Gasteiger partial charge in [0.2, 0.25) is 0 Å². The van der Waals surface area contributed by atoms with Gasteiger partial charge in [-0.15, -0.1) is 0 Å². The van der Waals surface area contributed by atoms with Crippen molar-refractivity contribution < 1.29 is 4.39 Å². The predicted molar refractivity (Wildman–Crippen MR) is 85.3 cm³/mol. The van der Waals surface area contributed by atoms with Crippen LogP contribution in [-0.2, 0) is 6.54 Å². The third-order valence-electron chi connectivity index (χ3n) is 2.61. The van der Waals surface area contributed by atoms with Crippen molar-refractivity contribution in [2.75, 3.05) is 5.32 Å². The summed E-state index contributed by atoms with van der Waals surface area (Å²) in [6, 6.07) is 11.0. The number of rotatable bonds is 3. The fraction of sp³-hybridized carbons (Fsp3) is 0.143. The number of anilines is 1. The lowest BCUT2D eigenvalue weighted by atomic mass is 10.1. The van der Waals surface area contributed by atoms with E-state index in [1.807, 2.05) is 0 Å². The summed E-state index contributed by atoms with van der Waals surface area (Å²) in [5.74, 6) is -0.207. The Morgan fingerprint density at radius 1 is 1.22 bits per heavy atom. The van der Waals surface area contributed by atoms with Gasteiger partial charge in [0.05, 0.1) is 0 Å². The van der Waals surface area contributed by atoms with Crippen LogP contribution in [0.15, 0.2) is 40.9 Å². The molecule has 4 heteroatoms. The first kappa shape index (κ1) is 13.8. The summed E-state index contributed by atoms with van der Waals surface area (Å²) in [6.07, 6.45) is 0. The summed E-state index contributed by atoms with van der Waals surface area (Å²) in [7, 11) is 0. The minimum absolute atomic E-state index is 0.207. The van der Waals surface area contributed by atoms with E-state index in [0.29, 0.717) is 6.54 Å². The quantitative estimate of drug-likeness (QED) is 0.681. The van der Waals surface area contributed by atoms with Crippen molar-refractivity contribution in [3.05, 3.63) is 61.4 Å². The van der Waals surface area contributed by atoms with Crippen molar-refractivity contribution in [1.29, 1.82) is 0 Å². The van der Waals surface area contributed by atoms with Gasteiger partial charge in [-0.3, -0.25) is 0 Å². The first-order valence-corrected chi connectivity index (χ1v) is 7.37. The Balaban J connectivity index is 2.11. The lowest BCUT2D eigenvalue weighted by Crippen LogP contribution is -2.02. The number of hydrogen-bond donors (Lipinski definition) is 1. The standard InChI is InChI=1S/C14H12BrFIN/c1-9-2-3-10(12(15)6-9)8-18-14-5-4-11(16)7-13(14)17/h2-7,18H,8H2,1H3. The van der Waals surface area contributed by atoms with Gasteiger partial charge in [-0.25, -0.2) is 4.39 Å². The second-order valence-electron chi connectivity index (χ2n) is 4.07. The Morgan fingerprint density at radius 2 is 2.00 bits per heavy atom. The van der Waals surface area contributed by atoms with Crippen LogP contribution in [0.3, 0.4) is 0 Å². The number of benzene rings is 2. The number of hydrogen-bond acceptors (Lipinski definition) is 1. The Morgan fingerprint density at radius 3 is 2.67 bits per heavy atom. The van der Waals surface area contributed by atoms with Crippen LogP contribution in [0.4, 0.5) is 10.1 Å². The molecule has 0 bridgehead atoms.